The van der Waals surface area contributed by atoms with Crippen LogP contribution in [0.3, 0.4) is 0 Å². The third kappa shape index (κ3) is 6.38. The van der Waals surface area contributed by atoms with Crippen molar-refractivity contribution in [3.05, 3.63) is 23.5 Å². The number of nitrogens with zero attached hydrogens (tertiary/aromatic N) is 3. The summed E-state index contributed by atoms with van der Waals surface area (Å²) in [5.74, 6) is 2.87. The van der Waals surface area contributed by atoms with Crippen LogP contribution in [0.2, 0.25) is 0 Å². The van der Waals surface area contributed by atoms with Crippen LogP contribution in [0.1, 0.15) is 50.9 Å². The number of methoxy groups -OCH3 is 1. The fraction of sp³-hybridized carbons (Fsp3) is 0.577. The van der Waals surface area contributed by atoms with Crippen molar-refractivity contribution in [1.82, 2.24) is 15.0 Å². The fourth-order valence-corrected chi connectivity index (χ4v) is 4.53. The van der Waals surface area contributed by atoms with Crippen LogP contribution in [0.4, 0.5) is 11.8 Å². The fourth-order valence-electron chi connectivity index (χ4n) is 4.53. The largest absolute Gasteiger partial charge is 0.475 e. The number of hydrogen-bond acceptors (Lipinski definition) is 9. The molecule has 36 heavy (non-hydrogen) atoms. The molecule has 4 rings (SSSR count). The minimum Gasteiger partial charge on any atom is -0.475 e. The zero-order valence-corrected chi connectivity index (χ0v) is 22.6. The monoisotopic (exact) mass is 519 g/mol. The van der Waals surface area contributed by atoms with Gasteiger partial charge in [-0.3, -0.25) is 0 Å². The number of rotatable bonds is 11. The number of ether oxygens (including phenoxy) is 2. The molecule has 10 heteroatoms. The molecule has 0 spiro atoms. The molecule has 0 radical (unpaired) electrons. The van der Waals surface area contributed by atoms with Gasteiger partial charge in [-0.15, -0.1) is 12.4 Å². The predicted molar refractivity (Wildman–Crippen MR) is 144 cm³/mol. The minimum atomic E-state index is 0. The van der Waals surface area contributed by atoms with Crippen LogP contribution in [0, 0.1) is 19.8 Å². The van der Waals surface area contributed by atoms with Gasteiger partial charge in [-0.1, -0.05) is 6.92 Å². The van der Waals surface area contributed by atoms with Gasteiger partial charge in [0.25, 0.3) is 0 Å². The van der Waals surface area contributed by atoms with Crippen LogP contribution in [0.15, 0.2) is 16.5 Å². The number of aliphatic hydroxyl groups is 1. The molecule has 1 saturated carbocycles. The summed E-state index contributed by atoms with van der Waals surface area (Å²) in [4.78, 5) is 14.1. The number of nitrogens with one attached hydrogen (secondary N) is 2. The van der Waals surface area contributed by atoms with Crippen molar-refractivity contribution in [2.75, 3.05) is 37.5 Å². The standard InChI is InChI=1S/C26H37N5O4.ClH/c1-6-15(2)34-22-13-19-12-21(35-24(19)17(4)28-22)23-16(3)29-26(27-9-10-33-5)31-25(23)30-20-8-7-18(11-20)14-32;/h12-13,15,18,20,32H,6-11,14H2,1-5H3,(H2,27,29,30,31);1H. The summed E-state index contributed by atoms with van der Waals surface area (Å²) >= 11 is 0. The van der Waals surface area contributed by atoms with Crippen molar-refractivity contribution in [2.24, 2.45) is 5.92 Å². The summed E-state index contributed by atoms with van der Waals surface area (Å²) in [6.45, 7) is 9.40. The number of aliphatic hydroxyl groups excluding tert-OH is 1. The lowest BCUT2D eigenvalue weighted by atomic mass is 10.1. The second-order valence-electron chi connectivity index (χ2n) is 9.39. The van der Waals surface area contributed by atoms with E-state index in [1.807, 2.05) is 32.9 Å². The predicted octanol–water partition coefficient (Wildman–Crippen LogP) is 5.13. The van der Waals surface area contributed by atoms with Gasteiger partial charge in [-0.2, -0.15) is 4.98 Å². The first-order chi connectivity index (χ1) is 16.9. The highest BCUT2D eigenvalue weighted by atomic mass is 35.5. The molecule has 0 saturated heterocycles. The highest BCUT2D eigenvalue weighted by Gasteiger charge is 2.27. The van der Waals surface area contributed by atoms with Gasteiger partial charge < -0.3 is 29.6 Å². The highest BCUT2D eigenvalue weighted by Crippen LogP contribution is 2.38. The van der Waals surface area contributed by atoms with Crippen LogP contribution < -0.4 is 15.4 Å². The molecular weight excluding hydrogens is 482 g/mol. The van der Waals surface area contributed by atoms with Gasteiger partial charge in [-0.25, -0.2) is 9.97 Å². The topological polar surface area (TPSA) is 115 Å². The molecule has 0 bridgehead atoms. The first-order valence-corrected chi connectivity index (χ1v) is 12.5. The van der Waals surface area contributed by atoms with Crippen molar-refractivity contribution in [3.63, 3.8) is 0 Å². The molecule has 0 amide bonds. The molecule has 3 N–H and O–H groups in total. The molecule has 0 aliphatic heterocycles. The van der Waals surface area contributed by atoms with Crippen LogP contribution in [-0.4, -0.2) is 59.1 Å². The average Bonchev–Trinajstić information content (AvgIpc) is 3.46. The van der Waals surface area contributed by atoms with Crippen LogP contribution in [-0.2, 0) is 4.74 Å². The maximum atomic E-state index is 9.58. The Balaban J connectivity index is 0.00000361. The smallest absolute Gasteiger partial charge is 0.224 e. The van der Waals surface area contributed by atoms with E-state index >= 15 is 0 Å². The van der Waals surface area contributed by atoms with E-state index in [0.717, 1.165) is 59.4 Å². The SMILES string of the molecule is CCC(C)Oc1cc2cc(-c3c(C)nc(NCCOC)nc3NC3CCC(CO)C3)oc2c(C)n1.Cl. The number of fused-ring (bicyclic) bond motifs is 1. The molecule has 1 aliphatic rings. The Kier molecular flexibility index (Phi) is 9.76. The zero-order valence-electron chi connectivity index (χ0n) is 21.8. The lowest BCUT2D eigenvalue weighted by molar-refractivity contribution is 0.208. The molecule has 3 atom stereocenters. The number of pyridine rings is 1. The molecule has 9 nitrogen and oxygen atoms in total. The molecule has 1 aliphatic carbocycles. The van der Waals surface area contributed by atoms with Gasteiger partial charge >= 0.3 is 0 Å². The maximum Gasteiger partial charge on any atom is 0.224 e. The molecule has 1 fully saturated rings. The van der Waals surface area contributed by atoms with E-state index in [0.29, 0.717) is 36.7 Å². The number of aromatic nitrogens is 3. The second kappa shape index (κ2) is 12.6. The normalized spacial score (nSPS) is 18.2. The Morgan fingerprint density at radius 1 is 1.17 bits per heavy atom. The number of hydrogen-bond donors (Lipinski definition) is 3. The van der Waals surface area contributed by atoms with Gasteiger partial charge in [0.2, 0.25) is 11.8 Å². The van der Waals surface area contributed by atoms with E-state index in [1.54, 1.807) is 7.11 Å². The van der Waals surface area contributed by atoms with Crippen molar-refractivity contribution >= 4 is 35.1 Å². The van der Waals surface area contributed by atoms with Crippen molar-refractivity contribution in [3.8, 4) is 17.2 Å². The molecular formula is C26H38ClN5O4. The summed E-state index contributed by atoms with van der Waals surface area (Å²) in [5.41, 5.74) is 3.14. The summed E-state index contributed by atoms with van der Waals surface area (Å²) in [5, 5.41) is 17.4. The van der Waals surface area contributed by atoms with Crippen molar-refractivity contribution in [2.45, 2.75) is 65.5 Å². The first-order valence-electron chi connectivity index (χ1n) is 12.5. The lowest BCUT2D eigenvalue weighted by Gasteiger charge is -2.18. The van der Waals surface area contributed by atoms with E-state index < -0.39 is 0 Å². The Morgan fingerprint density at radius 3 is 2.67 bits per heavy atom. The van der Waals surface area contributed by atoms with E-state index in [9.17, 15) is 5.11 Å². The van der Waals surface area contributed by atoms with Gasteiger partial charge in [0.15, 0.2) is 5.58 Å². The number of halogens is 1. The number of aryl methyl sites for hydroxylation is 2. The number of furan rings is 1. The summed E-state index contributed by atoms with van der Waals surface area (Å²) in [6, 6.07) is 4.16. The van der Waals surface area contributed by atoms with Gasteiger partial charge in [0.05, 0.1) is 29.7 Å². The number of anilines is 2. The lowest BCUT2D eigenvalue weighted by Crippen LogP contribution is -2.19. The van der Waals surface area contributed by atoms with Gasteiger partial charge in [0, 0.05) is 37.8 Å². The van der Waals surface area contributed by atoms with Crippen LogP contribution in [0.5, 0.6) is 5.88 Å². The Labute approximate surface area is 218 Å². The Bertz CT molecular complexity index is 1160. The Morgan fingerprint density at radius 2 is 1.97 bits per heavy atom. The molecule has 3 aromatic rings. The van der Waals surface area contributed by atoms with Crippen molar-refractivity contribution < 1.29 is 19.0 Å². The molecule has 0 aromatic carbocycles. The van der Waals surface area contributed by atoms with E-state index in [2.05, 4.69) is 22.5 Å². The second-order valence-corrected chi connectivity index (χ2v) is 9.39. The summed E-state index contributed by atoms with van der Waals surface area (Å²) < 4.78 is 17.4. The van der Waals surface area contributed by atoms with Gasteiger partial charge in [0.1, 0.15) is 11.6 Å². The van der Waals surface area contributed by atoms with E-state index in [4.69, 9.17) is 23.9 Å². The average molecular weight is 520 g/mol. The molecule has 198 valence electrons. The molecule has 3 unspecified atom stereocenters. The van der Waals surface area contributed by atoms with Crippen molar-refractivity contribution in [1.29, 1.82) is 0 Å². The summed E-state index contributed by atoms with van der Waals surface area (Å²) in [6.07, 6.45) is 3.89. The molecule has 3 heterocycles. The molecule has 3 aromatic heterocycles. The maximum absolute atomic E-state index is 9.58. The highest BCUT2D eigenvalue weighted by molar-refractivity contribution is 5.88. The van der Waals surface area contributed by atoms with E-state index in [1.165, 1.54) is 0 Å². The van der Waals surface area contributed by atoms with Gasteiger partial charge in [-0.05, 0) is 58.4 Å². The first kappa shape index (κ1) is 28.0. The summed E-state index contributed by atoms with van der Waals surface area (Å²) in [7, 11) is 1.67. The minimum absolute atomic E-state index is 0. The third-order valence-electron chi connectivity index (χ3n) is 6.61. The Hall–Kier alpha value is -2.62. The quantitative estimate of drug-likeness (QED) is 0.296. The van der Waals surface area contributed by atoms with Crippen LogP contribution >= 0.6 is 12.4 Å². The van der Waals surface area contributed by atoms with E-state index in [-0.39, 0.29) is 31.2 Å². The zero-order chi connectivity index (χ0) is 24.9. The third-order valence-corrected chi connectivity index (χ3v) is 6.61. The van der Waals surface area contributed by atoms with Crippen LogP contribution in [0.25, 0.3) is 22.3 Å².